The molecule has 0 aliphatic rings. The molecule has 0 aliphatic carbocycles. The van der Waals surface area contributed by atoms with Crippen LogP contribution in [0, 0.1) is 0 Å². The van der Waals surface area contributed by atoms with Crippen molar-refractivity contribution in [3.63, 3.8) is 0 Å². The third-order valence-corrected chi connectivity index (χ3v) is 4.90. The fraction of sp³-hybridized carbons (Fsp3) is 0.450. The Morgan fingerprint density at radius 3 is 2.62 bits per heavy atom. The highest BCUT2D eigenvalue weighted by Gasteiger charge is 2.18. The fourth-order valence-electron chi connectivity index (χ4n) is 2.41. The lowest BCUT2D eigenvalue weighted by atomic mass is 10.3. The number of esters is 1. The van der Waals surface area contributed by atoms with E-state index in [1.165, 1.54) is 11.3 Å². The molecule has 1 heterocycles. The number of benzene rings is 1. The van der Waals surface area contributed by atoms with Gasteiger partial charge >= 0.3 is 5.97 Å². The lowest BCUT2D eigenvalue weighted by Crippen LogP contribution is -2.35. The maximum Gasteiger partial charge on any atom is 0.357 e. The van der Waals surface area contributed by atoms with Crippen LogP contribution in [0.1, 0.15) is 35.8 Å². The van der Waals surface area contributed by atoms with Gasteiger partial charge in [-0.05, 0) is 44.5 Å². The summed E-state index contributed by atoms with van der Waals surface area (Å²) in [5.74, 6) is -0.0736. The van der Waals surface area contributed by atoms with Crippen LogP contribution in [0.3, 0.4) is 0 Å². The minimum atomic E-state index is -0.463. The largest absolute Gasteiger partial charge is 0.484 e. The number of amides is 1. The van der Waals surface area contributed by atoms with E-state index < -0.39 is 5.97 Å². The molecule has 0 unspecified atom stereocenters. The average Bonchev–Trinajstić information content (AvgIpc) is 3.18. The quantitative estimate of drug-likeness (QED) is 0.369. The highest BCUT2D eigenvalue weighted by Crippen LogP contribution is 2.17. The topological polar surface area (TPSA) is 78.0 Å². The highest BCUT2D eigenvalue weighted by atomic mass is 35.5. The van der Waals surface area contributed by atoms with Crippen LogP contribution in [0.25, 0.3) is 0 Å². The lowest BCUT2D eigenvalue weighted by Gasteiger charge is -2.22. The van der Waals surface area contributed by atoms with Crippen LogP contribution in [0.15, 0.2) is 29.6 Å². The Morgan fingerprint density at radius 2 is 1.93 bits per heavy atom. The second-order valence-corrected chi connectivity index (χ2v) is 7.33. The van der Waals surface area contributed by atoms with Crippen LogP contribution >= 0.6 is 22.9 Å². The smallest absolute Gasteiger partial charge is 0.357 e. The Morgan fingerprint density at radius 1 is 1.17 bits per heavy atom. The van der Waals surface area contributed by atoms with Gasteiger partial charge in [-0.1, -0.05) is 11.6 Å². The maximum absolute atomic E-state index is 12.7. The van der Waals surface area contributed by atoms with E-state index in [4.69, 9.17) is 25.8 Å². The monoisotopic (exact) mass is 440 g/mol. The minimum absolute atomic E-state index is 0.105. The maximum atomic E-state index is 12.7. The van der Waals surface area contributed by atoms with E-state index in [1.807, 2.05) is 6.92 Å². The normalized spacial score (nSPS) is 10.6. The lowest BCUT2D eigenvalue weighted by molar-refractivity contribution is -0.134. The Balaban J connectivity index is 1.98. The van der Waals surface area contributed by atoms with Crippen molar-refractivity contribution in [1.82, 2.24) is 9.88 Å². The Labute approximate surface area is 179 Å². The standard InChI is InChI=1S/C20H25ClN2O5S/c1-3-26-11-5-10-23(12-18-22-17(14-29-18)20(25)27-4-2)19(24)13-28-16-8-6-15(21)7-9-16/h6-9,14H,3-5,10-13H2,1-2H3. The summed E-state index contributed by atoms with van der Waals surface area (Å²) in [7, 11) is 0. The molecule has 0 N–H and O–H groups in total. The minimum Gasteiger partial charge on any atom is -0.484 e. The number of thiazole rings is 1. The predicted octanol–water partition coefficient (Wildman–Crippen LogP) is 3.81. The van der Waals surface area contributed by atoms with Gasteiger partial charge in [-0.25, -0.2) is 9.78 Å². The molecule has 2 aromatic rings. The predicted molar refractivity (Wildman–Crippen MR) is 112 cm³/mol. The van der Waals surface area contributed by atoms with Gasteiger partial charge in [0, 0.05) is 30.2 Å². The zero-order valence-corrected chi connectivity index (χ0v) is 18.1. The number of rotatable bonds is 12. The molecule has 158 valence electrons. The molecule has 0 radical (unpaired) electrons. The summed E-state index contributed by atoms with van der Waals surface area (Å²) in [5, 5.41) is 2.90. The van der Waals surface area contributed by atoms with Crippen molar-refractivity contribution in [2.45, 2.75) is 26.8 Å². The summed E-state index contributed by atoms with van der Waals surface area (Å²) in [4.78, 5) is 30.5. The first-order valence-electron chi connectivity index (χ1n) is 9.38. The number of halogens is 1. The van der Waals surface area contributed by atoms with Crippen molar-refractivity contribution < 1.29 is 23.8 Å². The van der Waals surface area contributed by atoms with Crippen molar-refractivity contribution in [3.05, 3.63) is 45.4 Å². The molecular formula is C20H25ClN2O5S. The van der Waals surface area contributed by atoms with Crippen LogP contribution in [-0.2, 0) is 20.8 Å². The molecular weight excluding hydrogens is 416 g/mol. The van der Waals surface area contributed by atoms with E-state index in [-0.39, 0.29) is 24.8 Å². The van der Waals surface area contributed by atoms with Gasteiger partial charge < -0.3 is 19.1 Å². The number of nitrogens with zero attached hydrogens (tertiary/aromatic N) is 2. The molecule has 1 aromatic carbocycles. The summed E-state index contributed by atoms with van der Waals surface area (Å²) in [5.41, 5.74) is 0.256. The Kier molecular flexibility index (Phi) is 9.90. The second-order valence-electron chi connectivity index (χ2n) is 5.96. The molecule has 9 heteroatoms. The summed E-state index contributed by atoms with van der Waals surface area (Å²) in [6.07, 6.45) is 0.691. The molecule has 0 saturated heterocycles. The molecule has 0 aliphatic heterocycles. The van der Waals surface area contributed by atoms with Gasteiger partial charge in [0.05, 0.1) is 13.2 Å². The SMILES string of the molecule is CCOCCCN(Cc1nc(C(=O)OCC)cs1)C(=O)COc1ccc(Cl)cc1. The van der Waals surface area contributed by atoms with Crippen LogP contribution < -0.4 is 4.74 Å². The molecule has 1 amide bonds. The van der Waals surface area contributed by atoms with E-state index in [0.717, 1.165) is 0 Å². The third-order valence-electron chi connectivity index (χ3n) is 3.81. The van der Waals surface area contributed by atoms with Crippen LogP contribution in [0.4, 0.5) is 0 Å². The van der Waals surface area contributed by atoms with Crippen LogP contribution in [0.2, 0.25) is 5.02 Å². The Hall–Kier alpha value is -2.16. The van der Waals surface area contributed by atoms with E-state index in [0.29, 0.717) is 48.5 Å². The second kappa shape index (κ2) is 12.4. The molecule has 0 spiro atoms. The van der Waals surface area contributed by atoms with Crippen molar-refractivity contribution >= 4 is 34.8 Å². The zero-order valence-electron chi connectivity index (χ0n) is 16.6. The van der Waals surface area contributed by atoms with Gasteiger partial charge in [0.25, 0.3) is 5.91 Å². The number of carbonyl (C=O) groups excluding carboxylic acids is 2. The number of hydrogen-bond donors (Lipinski definition) is 0. The summed E-state index contributed by atoms with van der Waals surface area (Å²) in [6, 6.07) is 6.82. The van der Waals surface area contributed by atoms with E-state index in [2.05, 4.69) is 4.98 Å². The number of carbonyl (C=O) groups is 2. The summed E-state index contributed by atoms with van der Waals surface area (Å²) >= 11 is 7.18. The molecule has 1 aromatic heterocycles. The van der Waals surface area contributed by atoms with Crippen molar-refractivity contribution in [2.75, 3.05) is 33.0 Å². The van der Waals surface area contributed by atoms with Gasteiger partial charge in [-0.2, -0.15) is 0 Å². The average molecular weight is 441 g/mol. The Bertz CT molecular complexity index is 781. The van der Waals surface area contributed by atoms with E-state index in [9.17, 15) is 9.59 Å². The number of hydrogen-bond acceptors (Lipinski definition) is 7. The summed E-state index contributed by atoms with van der Waals surface area (Å²) in [6.45, 7) is 5.82. The van der Waals surface area contributed by atoms with Crippen LogP contribution in [-0.4, -0.2) is 54.7 Å². The molecule has 0 fully saturated rings. The van der Waals surface area contributed by atoms with Gasteiger partial charge in [-0.3, -0.25) is 4.79 Å². The van der Waals surface area contributed by atoms with Crippen molar-refractivity contribution in [2.24, 2.45) is 0 Å². The number of ether oxygens (including phenoxy) is 3. The highest BCUT2D eigenvalue weighted by molar-refractivity contribution is 7.09. The molecule has 0 saturated carbocycles. The van der Waals surface area contributed by atoms with Crippen LogP contribution in [0.5, 0.6) is 5.75 Å². The van der Waals surface area contributed by atoms with Crippen molar-refractivity contribution in [3.8, 4) is 5.75 Å². The number of aromatic nitrogens is 1. The van der Waals surface area contributed by atoms with Gasteiger partial charge in [0.15, 0.2) is 12.3 Å². The molecule has 2 rings (SSSR count). The fourth-order valence-corrected chi connectivity index (χ4v) is 3.31. The first-order valence-corrected chi connectivity index (χ1v) is 10.6. The molecule has 7 nitrogen and oxygen atoms in total. The van der Waals surface area contributed by atoms with E-state index in [1.54, 1.807) is 41.5 Å². The first kappa shape index (κ1) is 23.1. The van der Waals surface area contributed by atoms with Gasteiger partial charge in [0.2, 0.25) is 0 Å². The molecule has 0 bridgehead atoms. The first-order chi connectivity index (χ1) is 14.0. The van der Waals surface area contributed by atoms with Gasteiger partial charge in [-0.15, -0.1) is 11.3 Å². The molecule has 29 heavy (non-hydrogen) atoms. The summed E-state index contributed by atoms with van der Waals surface area (Å²) < 4.78 is 15.9. The van der Waals surface area contributed by atoms with Crippen molar-refractivity contribution in [1.29, 1.82) is 0 Å². The third kappa shape index (κ3) is 8.00. The molecule has 0 atom stereocenters. The zero-order chi connectivity index (χ0) is 21.1. The van der Waals surface area contributed by atoms with E-state index >= 15 is 0 Å². The van der Waals surface area contributed by atoms with Gasteiger partial charge in [0.1, 0.15) is 10.8 Å².